The van der Waals surface area contributed by atoms with Gasteiger partial charge in [-0.05, 0) is 36.8 Å². The number of nitrogens with one attached hydrogen (secondary N) is 1. The van der Waals surface area contributed by atoms with Gasteiger partial charge >= 0.3 is 0 Å². The fourth-order valence-corrected chi connectivity index (χ4v) is 3.49. The minimum absolute atomic E-state index is 0.00309. The summed E-state index contributed by atoms with van der Waals surface area (Å²) in [7, 11) is -3.21. The Morgan fingerprint density at radius 1 is 1.20 bits per heavy atom. The molecule has 1 aromatic carbocycles. The average Bonchev–Trinajstić information content (AvgIpc) is 2.43. The van der Waals surface area contributed by atoms with Crippen molar-refractivity contribution in [1.29, 1.82) is 0 Å². The Morgan fingerprint density at radius 2 is 1.85 bits per heavy atom. The van der Waals surface area contributed by atoms with Crippen LogP contribution >= 0.6 is 0 Å². The Labute approximate surface area is 122 Å². The smallest absolute Gasteiger partial charge is 0.212 e. The summed E-state index contributed by atoms with van der Waals surface area (Å²) in [6, 6.07) is 9.72. The van der Waals surface area contributed by atoms with E-state index in [4.69, 9.17) is 5.73 Å². The lowest BCUT2D eigenvalue weighted by Crippen LogP contribution is -2.29. The molecule has 1 aromatic rings. The molecule has 0 aliphatic rings. The normalized spacial score (nSPS) is 14.9. The van der Waals surface area contributed by atoms with Crippen LogP contribution in [0.5, 0.6) is 0 Å². The second kappa shape index (κ2) is 8.39. The van der Waals surface area contributed by atoms with Crippen LogP contribution in [-0.4, -0.2) is 27.3 Å². The zero-order valence-electron chi connectivity index (χ0n) is 12.4. The van der Waals surface area contributed by atoms with Crippen LogP contribution in [0.2, 0.25) is 0 Å². The van der Waals surface area contributed by atoms with Crippen molar-refractivity contribution < 1.29 is 8.42 Å². The third kappa shape index (κ3) is 6.50. The Morgan fingerprint density at radius 3 is 2.45 bits per heavy atom. The molecular weight excluding hydrogens is 272 g/mol. The van der Waals surface area contributed by atoms with Crippen molar-refractivity contribution in [2.75, 3.05) is 18.8 Å². The van der Waals surface area contributed by atoms with E-state index in [2.05, 4.69) is 11.6 Å². The third-order valence-electron chi connectivity index (χ3n) is 3.44. The van der Waals surface area contributed by atoms with E-state index < -0.39 is 10.0 Å². The Balaban J connectivity index is 2.38. The van der Waals surface area contributed by atoms with E-state index in [-0.39, 0.29) is 11.7 Å². The molecule has 2 unspecified atom stereocenters. The van der Waals surface area contributed by atoms with Crippen molar-refractivity contribution in [2.45, 2.75) is 32.6 Å². The molecule has 1 rings (SSSR count). The van der Waals surface area contributed by atoms with Gasteiger partial charge in [0.15, 0.2) is 0 Å². The van der Waals surface area contributed by atoms with E-state index in [1.807, 2.05) is 37.3 Å². The van der Waals surface area contributed by atoms with Gasteiger partial charge in [0.25, 0.3) is 0 Å². The first-order chi connectivity index (χ1) is 9.44. The molecular formula is C15H26N2O2S. The van der Waals surface area contributed by atoms with Crippen LogP contribution < -0.4 is 10.5 Å². The second-order valence-electron chi connectivity index (χ2n) is 5.47. The van der Waals surface area contributed by atoms with Crippen molar-refractivity contribution in [3.63, 3.8) is 0 Å². The molecule has 0 aromatic heterocycles. The van der Waals surface area contributed by atoms with Gasteiger partial charge in [-0.1, -0.05) is 44.2 Å². The molecule has 114 valence electrons. The summed E-state index contributed by atoms with van der Waals surface area (Å²) in [5.41, 5.74) is 6.58. The number of rotatable bonds is 9. The molecule has 0 amide bonds. The third-order valence-corrected chi connectivity index (χ3v) is 5.02. The molecule has 20 heavy (non-hydrogen) atoms. The maximum atomic E-state index is 12.0. The van der Waals surface area contributed by atoms with Gasteiger partial charge in [-0.25, -0.2) is 13.1 Å². The molecule has 0 bridgehead atoms. The van der Waals surface area contributed by atoms with E-state index >= 15 is 0 Å². The highest BCUT2D eigenvalue weighted by Crippen LogP contribution is 2.16. The largest absolute Gasteiger partial charge is 0.330 e. The molecule has 3 N–H and O–H groups in total. The molecule has 4 nitrogen and oxygen atoms in total. The number of hydrogen-bond acceptors (Lipinski definition) is 3. The van der Waals surface area contributed by atoms with Gasteiger partial charge in [-0.15, -0.1) is 0 Å². The van der Waals surface area contributed by atoms with E-state index in [9.17, 15) is 8.42 Å². The fraction of sp³-hybridized carbons (Fsp3) is 0.600. The Kier molecular flexibility index (Phi) is 7.19. The molecule has 5 heteroatoms. The van der Waals surface area contributed by atoms with E-state index in [1.54, 1.807) is 0 Å². The molecule has 0 spiro atoms. The molecule has 0 radical (unpaired) electrons. The summed E-state index contributed by atoms with van der Waals surface area (Å²) in [6.07, 6.45) is 1.78. The van der Waals surface area contributed by atoms with Gasteiger partial charge in [0.05, 0.1) is 5.75 Å². The Bertz CT molecular complexity index is 474. The summed E-state index contributed by atoms with van der Waals surface area (Å²) in [4.78, 5) is 0. The van der Waals surface area contributed by atoms with Crippen LogP contribution in [0.1, 0.15) is 38.2 Å². The molecule has 2 atom stereocenters. The predicted octanol–water partition coefficient (Wildman–Crippen LogP) is 2.08. The molecule has 0 fully saturated rings. The molecule has 0 aliphatic heterocycles. The summed E-state index contributed by atoms with van der Waals surface area (Å²) in [5, 5.41) is 0. The lowest BCUT2D eigenvalue weighted by atomic mass is 10.0. The lowest BCUT2D eigenvalue weighted by Gasteiger charge is -2.14. The number of nitrogens with two attached hydrogens (primary N) is 1. The molecule has 0 saturated carbocycles. The summed E-state index contributed by atoms with van der Waals surface area (Å²) in [5.74, 6) is 0.572. The van der Waals surface area contributed by atoms with Gasteiger partial charge < -0.3 is 5.73 Å². The molecule has 0 saturated heterocycles. The standard InChI is InChI=1S/C15H26N2O2S/c1-13(11-16)7-6-10-17-20(18,19)12-14(2)15-8-4-3-5-9-15/h3-5,8-9,13-14,17H,6-7,10-12,16H2,1-2H3. The first-order valence-electron chi connectivity index (χ1n) is 7.17. The van der Waals surface area contributed by atoms with Crippen LogP contribution in [0.15, 0.2) is 30.3 Å². The van der Waals surface area contributed by atoms with Crippen molar-refractivity contribution in [3.05, 3.63) is 35.9 Å². The summed E-state index contributed by atoms with van der Waals surface area (Å²) >= 11 is 0. The number of benzene rings is 1. The van der Waals surface area contributed by atoms with Crippen LogP contribution in [0.25, 0.3) is 0 Å². The van der Waals surface area contributed by atoms with Gasteiger partial charge in [0.1, 0.15) is 0 Å². The second-order valence-corrected chi connectivity index (χ2v) is 7.32. The fourth-order valence-electron chi connectivity index (χ4n) is 2.06. The van der Waals surface area contributed by atoms with Crippen LogP contribution in [-0.2, 0) is 10.0 Å². The van der Waals surface area contributed by atoms with Crippen LogP contribution in [0.3, 0.4) is 0 Å². The highest BCUT2D eigenvalue weighted by Gasteiger charge is 2.16. The maximum Gasteiger partial charge on any atom is 0.212 e. The van der Waals surface area contributed by atoms with Gasteiger partial charge in [0, 0.05) is 6.54 Å². The zero-order valence-corrected chi connectivity index (χ0v) is 13.2. The first kappa shape index (κ1) is 17.1. The van der Waals surface area contributed by atoms with Crippen molar-refractivity contribution >= 4 is 10.0 Å². The average molecular weight is 298 g/mol. The van der Waals surface area contributed by atoms with Crippen molar-refractivity contribution in [3.8, 4) is 0 Å². The highest BCUT2D eigenvalue weighted by atomic mass is 32.2. The molecule has 0 aliphatic carbocycles. The van der Waals surface area contributed by atoms with Gasteiger partial charge in [-0.3, -0.25) is 0 Å². The number of sulfonamides is 1. The quantitative estimate of drug-likeness (QED) is 0.686. The Hall–Kier alpha value is -0.910. The van der Waals surface area contributed by atoms with Crippen molar-refractivity contribution in [2.24, 2.45) is 11.7 Å². The monoisotopic (exact) mass is 298 g/mol. The molecule has 0 heterocycles. The van der Waals surface area contributed by atoms with E-state index in [0.29, 0.717) is 19.0 Å². The van der Waals surface area contributed by atoms with Crippen LogP contribution in [0.4, 0.5) is 0 Å². The van der Waals surface area contributed by atoms with Crippen LogP contribution in [0, 0.1) is 5.92 Å². The minimum Gasteiger partial charge on any atom is -0.330 e. The predicted molar refractivity (Wildman–Crippen MR) is 84.1 cm³/mol. The minimum atomic E-state index is -3.21. The van der Waals surface area contributed by atoms with Gasteiger partial charge in [0.2, 0.25) is 10.0 Å². The summed E-state index contributed by atoms with van der Waals surface area (Å²) < 4.78 is 26.7. The maximum absolute atomic E-state index is 12.0. The number of hydrogen-bond donors (Lipinski definition) is 2. The van der Waals surface area contributed by atoms with Gasteiger partial charge in [-0.2, -0.15) is 0 Å². The lowest BCUT2D eigenvalue weighted by molar-refractivity contribution is 0.513. The zero-order chi connectivity index (χ0) is 15.0. The highest BCUT2D eigenvalue weighted by molar-refractivity contribution is 7.89. The van der Waals surface area contributed by atoms with Crippen molar-refractivity contribution in [1.82, 2.24) is 4.72 Å². The SMILES string of the molecule is CC(CN)CCCNS(=O)(=O)CC(C)c1ccccc1. The summed E-state index contributed by atoms with van der Waals surface area (Å²) in [6.45, 7) is 5.16. The van der Waals surface area contributed by atoms with E-state index in [0.717, 1.165) is 18.4 Å². The van der Waals surface area contributed by atoms with E-state index in [1.165, 1.54) is 0 Å². The topological polar surface area (TPSA) is 72.2 Å². The first-order valence-corrected chi connectivity index (χ1v) is 8.82.